The Balaban J connectivity index is 2.20. The van der Waals surface area contributed by atoms with Gasteiger partial charge in [0, 0.05) is 12.6 Å². The Hall–Kier alpha value is -1.77. The predicted octanol–water partition coefficient (Wildman–Crippen LogP) is 3.63. The summed E-state index contributed by atoms with van der Waals surface area (Å²) in [6, 6.07) is 3.51. The van der Waals surface area contributed by atoms with Gasteiger partial charge in [-0.3, -0.25) is 4.79 Å². The zero-order valence-corrected chi connectivity index (χ0v) is 11.6. The van der Waals surface area contributed by atoms with Crippen molar-refractivity contribution in [2.45, 2.75) is 30.7 Å². The molecule has 1 heterocycles. The van der Waals surface area contributed by atoms with Crippen molar-refractivity contribution < 1.29 is 36.2 Å². The first-order chi connectivity index (χ1) is 10.5. The maximum Gasteiger partial charge on any atom is 0.404 e. The van der Waals surface area contributed by atoms with Crippen LogP contribution in [0.2, 0.25) is 0 Å². The Morgan fingerprint density at radius 2 is 1.61 bits per heavy atom. The average molecular weight is 341 g/mol. The number of carbonyl (C=O) groups is 1. The lowest BCUT2D eigenvalue weighted by molar-refractivity contribution is -0.253. The normalized spacial score (nSPS) is 22.6. The van der Waals surface area contributed by atoms with Gasteiger partial charge in [0.1, 0.15) is 0 Å². The molecule has 0 spiro atoms. The van der Waals surface area contributed by atoms with Crippen molar-refractivity contribution in [1.82, 2.24) is 5.32 Å². The second-order valence-electron chi connectivity index (χ2n) is 5.41. The number of halogens is 6. The van der Waals surface area contributed by atoms with E-state index in [2.05, 4.69) is 5.32 Å². The summed E-state index contributed by atoms with van der Waals surface area (Å²) in [4.78, 5) is 10.9. The van der Waals surface area contributed by atoms with Crippen molar-refractivity contribution in [3.8, 4) is 0 Å². The van der Waals surface area contributed by atoms with Gasteiger partial charge in [-0.15, -0.1) is 0 Å². The molecule has 0 saturated carbocycles. The Kier molecular flexibility index (Phi) is 4.61. The molecule has 2 N–H and O–H groups in total. The van der Waals surface area contributed by atoms with Gasteiger partial charge in [-0.2, -0.15) is 26.3 Å². The van der Waals surface area contributed by atoms with Gasteiger partial charge in [0.2, 0.25) is 0 Å². The monoisotopic (exact) mass is 341 g/mol. The summed E-state index contributed by atoms with van der Waals surface area (Å²) in [5.41, 5.74) is -0.429. The molecule has 0 bridgehead atoms. The molecule has 9 heteroatoms. The smallest absolute Gasteiger partial charge is 0.404 e. The highest BCUT2D eigenvalue weighted by Gasteiger charge is 2.57. The van der Waals surface area contributed by atoms with Crippen LogP contribution in [0.4, 0.5) is 26.3 Å². The molecule has 1 aliphatic heterocycles. The summed E-state index contributed by atoms with van der Waals surface area (Å²) in [6.45, 7) is 0.204. The van der Waals surface area contributed by atoms with Gasteiger partial charge < -0.3 is 10.4 Å². The number of aliphatic carboxylic acids is 1. The molecule has 2 unspecified atom stereocenters. The summed E-state index contributed by atoms with van der Waals surface area (Å²) in [5.74, 6) is -5.16. The van der Waals surface area contributed by atoms with Crippen molar-refractivity contribution in [1.29, 1.82) is 0 Å². The van der Waals surface area contributed by atoms with E-state index in [9.17, 15) is 31.1 Å². The van der Waals surface area contributed by atoms with Crippen molar-refractivity contribution in [3.63, 3.8) is 0 Å². The van der Waals surface area contributed by atoms with Gasteiger partial charge in [-0.1, -0.05) is 24.3 Å². The van der Waals surface area contributed by atoms with Gasteiger partial charge in [-0.25, -0.2) is 0 Å². The molecule has 1 fully saturated rings. The van der Waals surface area contributed by atoms with Crippen LogP contribution in [-0.4, -0.2) is 30.0 Å². The number of rotatable bonds is 3. The third-order valence-corrected chi connectivity index (χ3v) is 3.81. The van der Waals surface area contributed by atoms with E-state index in [1.54, 1.807) is 0 Å². The quantitative estimate of drug-likeness (QED) is 0.826. The standard InChI is InChI=1S/C14H13F6NO2/c15-13(16,17)11(14(18,19)20)8-3-1-7(2-4-8)10-5-9(6-21-10)12(22)23/h1-4,9-11,21H,5-6H2,(H,22,23). The molecule has 2 rings (SSSR count). The van der Waals surface area contributed by atoms with E-state index in [0.29, 0.717) is 5.56 Å². The number of carboxylic acids is 1. The molecule has 0 amide bonds. The Morgan fingerprint density at radius 3 is 2.00 bits per heavy atom. The third-order valence-electron chi connectivity index (χ3n) is 3.81. The van der Waals surface area contributed by atoms with E-state index < -0.39 is 41.8 Å². The molecule has 1 aromatic carbocycles. The molecule has 1 aliphatic rings. The SMILES string of the molecule is O=C(O)C1CNC(c2ccc(C(C(F)(F)F)C(F)(F)F)cc2)C1. The number of carboxylic acid groups (broad SMARTS) is 1. The highest BCUT2D eigenvalue weighted by molar-refractivity contribution is 5.70. The van der Waals surface area contributed by atoms with Crippen LogP contribution in [0, 0.1) is 5.92 Å². The minimum atomic E-state index is -5.43. The highest BCUT2D eigenvalue weighted by atomic mass is 19.4. The molecule has 0 radical (unpaired) electrons. The Labute approximate surface area is 127 Å². The highest BCUT2D eigenvalue weighted by Crippen LogP contribution is 2.46. The lowest BCUT2D eigenvalue weighted by Crippen LogP contribution is -2.34. The first-order valence-electron chi connectivity index (χ1n) is 6.69. The first-order valence-corrected chi connectivity index (χ1v) is 6.69. The minimum Gasteiger partial charge on any atom is -0.481 e. The molecule has 23 heavy (non-hydrogen) atoms. The van der Waals surface area contributed by atoms with Crippen molar-refractivity contribution >= 4 is 5.97 Å². The second-order valence-corrected chi connectivity index (χ2v) is 5.41. The van der Waals surface area contributed by atoms with E-state index in [-0.39, 0.29) is 13.0 Å². The molecule has 3 nitrogen and oxygen atoms in total. The minimum absolute atomic E-state index is 0.204. The Bertz CT molecular complexity index is 552. The number of benzene rings is 1. The third kappa shape index (κ3) is 3.95. The molecule has 2 atom stereocenters. The summed E-state index contributed by atoms with van der Waals surface area (Å²) in [6.07, 6.45) is -10.6. The van der Waals surface area contributed by atoms with E-state index in [1.165, 1.54) is 12.1 Å². The largest absolute Gasteiger partial charge is 0.481 e. The van der Waals surface area contributed by atoms with Gasteiger partial charge >= 0.3 is 18.3 Å². The average Bonchev–Trinajstić information content (AvgIpc) is 2.85. The van der Waals surface area contributed by atoms with E-state index in [4.69, 9.17) is 5.11 Å². The van der Waals surface area contributed by atoms with Crippen molar-refractivity contribution in [2.75, 3.05) is 6.54 Å². The topological polar surface area (TPSA) is 49.3 Å². The molecular formula is C14H13F6NO2. The van der Waals surface area contributed by atoms with Gasteiger partial charge in [0.25, 0.3) is 0 Å². The van der Waals surface area contributed by atoms with Crippen LogP contribution in [0.25, 0.3) is 0 Å². The van der Waals surface area contributed by atoms with E-state index >= 15 is 0 Å². The van der Waals surface area contributed by atoms with Crippen molar-refractivity contribution in [3.05, 3.63) is 35.4 Å². The van der Waals surface area contributed by atoms with Crippen LogP contribution in [0.5, 0.6) is 0 Å². The first kappa shape index (κ1) is 17.6. The lowest BCUT2D eigenvalue weighted by Gasteiger charge is -2.23. The lowest BCUT2D eigenvalue weighted by atomic mass is 9.94. The zero-order valence-electron chi connectivity index (χ0n) is 11.6. The number of alkyl halides is 6. The van der Waals surface area contributed by atoms with Crippen LogP contribution in [0.15, 0.2) is 24.3 Å². The van der Waals surface area contributed by atoms with Crippen LogP contribution in [0.3, 0.4) is 0 Å². The molecule has 0 aromatic heterocycles. The van der Waals surface area contributed by atoms with Crippen LogP contribution in [-0.2, 0) is 4.79 Å². The number of nitrogens with one attached hydrogen (secondary N) is 1. The fourth-order valence-electron chi connectivity index (χ4n) is 2.66. The fraction of sp³-hybridized carbons (Fsp3) is 0.500. The van der Waals surface area contributed by atoms with Gasteiger partial charge in [-0.05, 0) is 17.5 Å². The van der Waals surface area contributed by atoms with E-state index in [1.807, 2.05) is 0 Å². The fourth-order valence-corrected chi connectivity index (χ4v) is 2.66. The summed E-state index contributed by atoms with van der Waals surface area (Å²) < 4.78 is 75.9. The maximum atomic E-state index is 12.6. The zero-order chi connectivity index (χ0) is 17.4. The van der Waals surface area contributed by atoms with Gasteiger partial charge in [0.05, 0.1) is 5.92 Å². The summed E-state index contributed by atoms with van der Waals surface area (Å²) >= 11 is 0. The van der Waals surface area contributed by atoms with E-state index in [0.717, 1.165) is 12.1 Å². The van der Waals surface area contributed by atoms with Crippen LogP contribution >= 0.6 is 0 Å². The summed E-state index contributed by atoms with van der Waals surface area (Å²) in [7, 11) is 0. The van der Waals surface area contributed by atoms with Gasteiger partial charge in [0.15, 0.2) is 5.92 Å². The van der Waals surface area contributed by atoms with Crippen LogP contribution in [0.1, 0.15) is 29.5 Å². The van der Waals surface area contributed by atoms with Crippen LogP contribution < -0.4 is 5.32 Å². The molecule has 1 saturated heterocycles. The summed E-state index contributed by atoms with van der Waals surface area (Å²) in [5, 5.41) is 11.8. The molecule has 0 aliphatic carbocycles. The number of hydrogen-bond acceptors (Lipinski definition) is 2. The molecular weight excluding hydrogens is 328 g/mol. The maximum absolute atomic E-state index is 12.6. The van der Waals surface area contributed by atoms with Crippen molar-refractivity contribution in [2.24, 2.45) is 5.92 Å². The Morgan fingerprint density at radius 1 is 1.09 bits per heavy atom. The number of hydrogen-bond donors (Lipinski definition) is 2. The molecule has 1 aromatic rings. The molecule has 128 valence electrons. The second kappa shape index (κ2) is 6.03. The predicted molar refractivity (Wildman–Crippen MR) is 67.8 cm³/mol.